The Kier molecular flexibility index (Phi) is 10.3. The third-order valence-corrected chi connectivity index (χ3v) is 10.9. The summed E-state index contributed by atoms with van der Waals surface area (Å²) in [7, 11) is 2.03. The molecule has 0 bridgehead atoms. The summed E-state index contributed by atoms with van der Waals surface area (Å²) >= 11 is 0. The Hall–Kier alpha value is -8.04. The zero-order valence-corrected chi connectivity index (χ0v) is 33.5. The second-order valence-electron chi connectivity index (χ2n) is 14.9. The van der Waals surface area contributed by atoms with E-state index in [1.165, 1.54) is 22.0 Å². The van der Waals surface area contributed by atoms with E-state index in [9.17, 15) is 19.2 Å². The number of pyridine rings is 1. The molecule has 1 N–H and O–H groups in total. The molecular formula is C44H37FN12O5. The summed E-state index contributed by atoms with van der Waals surface area (Å²) in [6.45, 7) is 5.28. The molecule has 1 amide bonds. The Labute approximate surface area is 351 Å². The van der Waals surface area contributed by atoms with Crippen molar-refractivity contribution in [3.63, 3.8) is 0 Å². The molecule has 18 heteroatoms. The number of benzene rings is 4. The van der Waals surface area contributed by atoms with E-state index in [1.807, 2.05) is 47.7 Å². The number of hydrogen-bond acceptors (Lipinski definition) is 12. The molecule has 3 aliphatic heterocycles. The van der Waals surface area contributed by atoms with E-state index < -0.39 is 16.9 Å². The molecule has 1 saturated heterocycles. The van der Waals surface area contributed by atoms with Crippen LogP contribution in [0, 0.1) is 17.1 Å². The Morgan fingerprint density at radius 3 is 2.42 bits per heavy atom. The van der Waals surface area contributed by atoms with Gasteiger partial charge in [-0.05, 0) is 74.1 Å². The summed E-state index contributed by atoms with van der Waals surface area (Å²) < 4.78 is 25.6. The molecule has 3 aromatic heterocycles. The monoisotopic (exact) mass is 832 g/mol. The maximum atomic E-state index is 15.3. The van der Waals surface area contributed by atoms with Crippen LogP contribution in [-0.4, -0.2) is 86.1 Å². The summed E-state index contributed by atoms with van der Waals surface area (Å²) in [6, 6.07) is 24.5. The van der Waals surface area contributed by atoms with Crippen LogP contribution in [0.5, 0.6) is 5.75 Å². The first-order chi connectivity index (χ1) is 30.1. The number of halogens is 1. The van der Waals surface area contributed by atoms with Crippen molar-refractivity contribution >= 4 is 51.2 Å². The topological polar surface area (TPSA) is 192 Å². The molecular weight excluding hydrogens is 796 g/mol. The van der Waals surface area contributed by atoms with Gasteiger partial charge in [0.05, 0.1) is 50.9 Å². The molecule has 3 aliphatic rings. The number of nitrogens with one attached hydrogen (secondary N) is 1. The number of carbonyl (C=O) groups is 1. The number of carbonyl (C=O) groups excluding carboxylic acids is 1. The van der Waals surface area contributed by atoms with Crippen molar-refractivity contribution < 1.29 is 13.9 Å². The van der Waals surface area contributed by atoms with Gasteiger partial charge in [-0.25, -0.2) is 14.2 Å². The molecule has 10 rings (SSSR count). The Morgan fingerprint density at radius 1 is 0.919 bits per heavy atom. The summed E-state index contributed by atoms with van der Waals surface area (Å²) in [5.74, 6) is 0.0779. The van der Waals surface area contributed by atoms with Crippen LogP contribution in [0.2, 0.25) is 0 Å². The second kappa shape index (κ2) is 16.2. The van der Waals surface area contributed by atoms with Crippen LogP contribution >= 0.6 is 0 Å². The van der Waals surface area contributed by atoms with Gasteiger partial charge in [0, 0.05) is 32.4 Å². The molecule has 0 aliphatic carbocycles. The van der Waals surface area contributed by atoms with Crippen molar-refractivity contribution in [3.05, 3.63) is 145 Å². The molecule has 0 radical (unpaired) electrons. The number of rotatable bonds is 6. The van der Waals surface area contributed by atoms with Gasteiger partial charge in [-0.2, -0.15) is 25.2 Å². The lowest BCUT2D eigenvalue weighted by atomic mass is 10.1. The van der Waals surface area contributed by atoms with E-state index in [-0.39, 0.29) is 35.1 Å². The van der Waals surface area contributed by atoms with Crippen molar-refractivity contribution in [1.29, 1.82) is 5.26 Å². The van der Waals surface area contributed by atoms with E-state index in [4.69, 9.17) is 15.0 Å². The van der Waals surface area contributed by atoms with Crippen LogP contribution < -0.4 is 31.3 Å². The van der Waals surface area contributed by atoms with Gasteiger partial charge >= 0.3 is 5.69 Å². The van der Waals surface area contributed by atoms with Crippen LogP contribution in [0.15, 0.2) is 116 Å². The van der Waals surface area contributed by atoms with Gasteiger partial charge < -0.3 is 19.1 Å². The summed E-state index contributed by atoms with van der Waals surface area (Å²) in [6.07, 6.45) is 6.41. The number of fused-ring (bicyclic) bond motifs is 1. The van der Waals surface area contributed by atoms with Crippen LogP contribution in [0.4, 0.5) is 15.8 Å². The molecule has 0 saturated carbocycles. The van der Waals surface area contributed by atoms with Crippen molar-refractivity contribution in [3.8, 4) is 23.2 Å². The number of para-hydroxylation sites is 1. The van der Waals surface area contributed by atoms with Gasteiger partial charge in [0.1, 0.15) is 36.7 Å². The van der Waals surface area contributed by atoms with E-state index >= 15 is 4.39 Å². The average Bonchev–Trinajstić information content (AvgIpc) is 3.93. The fraction of sp³-hybridized carbons (Fsp3) is 0.205. The average molecular weight is 833 g/mol. The molecule has 0 spiro atoms. The van der Waals surface area contributed by atoms with Gasteiger partial charge in [-0.3, -0.25) is 23.9 Å². The van der Waals surface area contributed by atoms with Gasteiger partial charge in [0.15, 0.2) is 11.6 Å². The first-order valence-electron chi connectivity index (χ1n) is 19.7. The van der Waals surface area contributed by atoms with E-state index in [0.717, 1.165) is 23.3 Å². The molecule has 7 aromatic rings. The molecule has 62 heavy (non-hydrogen) atoms. The first kappa shape index (κ1) is 39.4. The summed E-state index contributed by atoms with van der Waals surface area (Å²) in [4.78, 5) is 62.0. The number of likely N-dealkylation sites (N-methyl/N-ethyl adjacent to an activating group) is 1. The number of piperazine rings is 1. The lowest BCUT2D eigenvalue weighted by molar-refractivity contribution is -0.116. The number of hydrogen-bond donors (Lipinski definition) is 1. The second-order valence-corrected chi connectivity index (χ2v) is 14.9. The maximum absolute atomic E-state index is 15.3. The minimum absolute atomic E-state index is 0.000283. The summed E-state index contributed by atoms with van der Waals surface area (Å²) in [5.41, 5.74) is 2.88. The Balaban J connectivity index is 0.000000159. The molecule has 1 atom stereocenters. The zero-order valence-electron chi connectivity index (χ0n) is 33.5. The molecule has 6 heterocycles. The predicted octanol–water partition coefficient (Wildman–Crippen LogP) is 4.86. The van der Waals surface area contributed by atoms with Gasteiger partial charge in [0.2, 0.25) is 5.43 Å². The highest BCUT2D eigenvalue weighted by atomic mass is 19.1. The molecule has 17 nitrogen and oxygen atoms in total. The fourth-order valence-corrected chi connectivity index (χ4v) is 7.68. The molecule has 310 valence electrons. The van der Waals surface area contributed by atoms with E-state index in [0.29, 0.717) is 70.3 Å². The van der Waals surface area contributed by atoms with E-state index in [1.54, 1.807) is 66.9 Å². The van der Waals surface area contributed by atoms with Crippen LogP contribution in [0.25, 0.3) is 45.3 Å². The van der Waals surface area contributed by atoms with Crippen molar-refractivity contribution in [2.75, 3.05) is 56.3 Å². The van der Waals surface area contributed by atoms with E-state index in [2.05, 4.69) is 31.4 Å². The quantitative estimate of drug-likeness (QED) is 0.242. The van der Waals surface area contributed by atoms with Gasteiger partial charge in [-0.1, -0.05) is 41.6 Å². The lowest BCUT2D eigenvalue weighted by Gasteiger charge is -2.37. The van der Waals surface area contributed by atoms with Gasteiger partial charge in [-0.15, -0.1) is 0 Å². The number of amides is 1. The first-order valence-corrected chi connectivity index (χ1v) is 19.7. The zero-order chi connectivity index (χ0) is 43.1. The number of H-pyrrole nitrogens is 1. The summed E-state index contributed by atoms with van der Waals surface area (Å²) in [5, 5.41) is 22.4. The molecule has 4 aromatic carbocycles. The number of nitrogens with zero attached hydrogens (tertiary/aromatic N) is 11. The highest BCUT2D eigenvalue weighted by Gasteiger charge is 2.31. The normalized spacial score (nSPS) is 16.2. The number of nitriles is 1. The van der Waals surface area contributed by atoms with Gasteiger partial charge in [0.25, 0.3) is 11.5 Å². The number of aromatic amines is 1. The highest BCUT2D eigenvalue weighted by Crippen LogP contribution is 2.42. The van der Waals surface area contributed by atoms with Crippen LogP contribution in [0.3, 0.4) is 0 Å². The van der Waals surface area contributed by atoms with Crippen LogP contribution in [-0.2, 0) is 4.79 Å². The number of ether oxygens (including phenoxy) is 1. The largest absolute Gasteiger partial charge is 0.487 e. The number of anilines is 2. The smallest absolute Gasteiger partial charge is 0.348 e. The number of aromatic nitrogens is 6. The molecule has 0 unspecified atom stereocenters. The third-order valence-electron chi connectivity index (χ3n) is 10.9. The SMILES string of the molecule is C[C@H]1COc2c(N3CCN(C)CC3)c(F)cc3c(=O)c(-n4nc[nH]c4=O)cn1c23.N#Cc1ccc(/C=C/c2nc3ccccc3c(=O)n2-c2cccc(N3N=NCC3=O)c2)cc1. The molecule has 1 fully saturated rings. The van der Waals surface area contributed by atoms with Crippen molar-refractivity contribution in [2.45, 2.75) is 13.0 Å². The minimum Gasteiger partial charge on any atom is -0.487 e. The predicted molar refractivity (Wildman–Crippen MR) is 230 cm³/mol. The maximum Gasteiger partial charge on any atom is 0.348 e. The fourth-order valence-electron chi connectivity index (χ4n) is 7.68. The Morgan fingerprint density at radius 2 is 1.69 bits per heavy atom. The van der Waals surface area contributed by atoms with Crippen LogP contribution in [0.1, 0.15) is 29.9 Å². The standard InChI is InChI=1S/C25H16N6O2.C19H21FN6O3/c26-15-18-10-8-17(9-11-18)12-13-23-28-22-7-2-1-6-21(22)25(33)30(23)19-4-3-5-20(14-19)31-24(32)16-27-29-31;1-11-9-29-18-15-12(7-13(20)16(18)24-5-3-23(2)4-6-24)17(27)14(8-25(11)15)26-19(28)21-10-22-26/h1-14H,16H2;7-8,10-11H,3-6,9H2,1-2H3,(H,21,22,28)/b13-12+;/t;11-/m.0/s1. The highest BCUT2D eigenvalue weighted by molar-refractivity contribution is 5.96. The van der Waals surface area contributed by atoms with Crippen molar-refractivity contribution in [1.82, 2.24) is 33.8 Å². The Bertz CT molecular complexity index is 3190. The van der Waals surface area contributed by atoms with Crippen molar-refractivity contribution in [2.24, 2.45) is 10.3 Å². The minimum atomic E-state index is -0.524. The lowest BCUT2D eigenvalue weighted by Crippen LogP contribution is -2.45. The third kappa shape index (κ3) is 7.19.